The minimum Gasteiger partial charge on any atom is -0.488 e. The van der Waals surface area contributed by atoms with Crippen LogP contribution in [0.1, 0.15) is 75.7 Å². The fraction of sp³-hybridized carbons (Fsp3) is 0.383. The molecule has 0 unspecified atom stereocenters. The molecule has 29 nitrogen and oxygen atoms in total. The number of likely N-dealkylation sites (N-methyl/N-ethyl adjacent to an activating group) is 1. The number of pyridine rings is 3. The number of piperidine rings is 3. The topological polar surface area (TPSA) is 346 Å². The monoisotopic (exact) mass is 1280 g/mol. The van der Waals surface area contributed by atoms with E-state index in [4.69, 9.17) is 26.7 Å². The van der Waals surface area contributed by atoms with Crippen molar-refractivity contribution in [3.8, 4) is 11.5 Å². The molecule has 4 saturated heterocycles. The Morgan fingerprint density at radius 2 is 0.957 bits per heavy atom. The average molecular weight is 1280 g/mol. The van der Waals surface area contributed by atoms with Crippen LogP contribution in [0.25, 0.3) is 16.9 Å². The number of nitrogens with zero attached hydrogens (tertiary/aromatic N) is 17. The van der Waals surface area contributed by atoms with E-state index in [1.54, 1.807) is 55.0 Å². The zero-order valence-electron chi connectivity index (χ0n) is 51.1. The molecule has 4 aliphatic heterocycles. The molecule has 13 rings (SSSR count). The van der Waals surface area contributed by atoms with Gasteiger partial charge in [0, 0.05) is 108 Å². The van der Waals surface area contributed by atoms with Crippen LogP contribution in [-0.2, 0) is 11.0 Å². The molecule has 9 aromatic rings. The van der Waals surface area contributed by atoms with E-state index in [1.807, 2.05) is 16.8 Å². The molecule has 0 bridgehead atoms. The number of halogens is 4. The number of rotatable bonds is 12. The number of aromatic nitrogens is 12. The van der Waals surface area contributed by atoms with Gasteiger partial charge in [0.15, 0.2) is 63.0 Å². The fourth-order valence-corrected chi connectivity index (χ4v) is 11.3. The van der Waals surface area contributed by atoms with E-state index in [0.29, 0.717) is 54.4 Å². The zero-order chi connectivity index (χ0) is 65.5. The molecule has 9 N–H and O–H groups in total. The molecule has 0 aromatic carbocycles. The van der Waals surface area contributed by atoms with E-state index >= 15 is 0 Å². The van der Waals surface area contributed by atoms with Gasteiger partial charge in [0.25, 0.3) is 17.7 Å². The first-order valence-electron chi connectivity index (χ1n) is 30.0. The van der Waals surface area contributed by atoms with Crippen LogP contribution < -0.4 is 47.5 Å². The van der Waals surface area contributed by atoms with Gasteiger partial charge in [-0.25, -0.2) is 32.9 Å². The molecule has 4 aliphatic rings. The smallest absolute Gasteiger partial charge is 0.435 e. The maximum Gasteiger partial charge on any atom is 0.435 e. The van der Waals surface area contributed by atoms with Crippen molar-refractivity contribution in [3.05, 3.63) is 127 Å². The van der Waals surface area contributed by atoms with Crippen molar-refractivity contribution in [1.82, 2.24) is 78.3 Å². The Morgan fingerprint density at radius 3 is 1.44 bits per heavy atom. The number of alkyl halides is 3. The van der Waals surface area contributed by atoms with Crippen molar-refractivity contribution in [3.63, 3.8) is 0 Å². The van der Waals surface area contributed by atoms with Crippen molar-refractivity contribution in [2.75, 3.05) is 125 Å². The average Bonchev–Trinajstić information content (AvgIpc) is 1.72. The highest BCUT2D eigenvalue weighted by Crippen LogP contribution is 2.35. The van der Waals surface area contributed by atoms with Gasteiger partial charge in [-0.3, -0.25) is 34.1 Å². The van der Waals surface area contributed by atoms with E-state index in [-0.39, 0.29) is 81.3 Å². The van der Waals surface area contributed by atoms with Crippen LogP contribution in [-0.4, -0.2) is 201 Å². The van der Waals surface area contributed by atoms with E-state index in [2.05, 4.69) is 89.9 Å². The third-order valence-electron chi connectivity index (χ3n) is 16.4. The number of ether oxygens (including phenoxy) is 2. The highest BCUT2D eigenvalue weighted by Gasteiger charge is 2.35. The molecule has 488 valence electrons. The zero-order valence-corrected chi connectivity index (χ0v) is 51.1. The molecular weight excluding hydrogens is 1210 g/mol. The van der Waals surface area contributed by atoms with Crippen LogP contribution in [0.5, 0.6) is 11.5 Å². The molecule has 0 atom stereocenters. The van der Waals surface area contributed by atoms with Crippen molar-refractivity contribution in [2.45, 2.75) is 56.9 Å². The van der Waals surface area contributed by atoms with E-state index in [1.165, 1.54) is 33.8 Å². The summed E-state index contributed by atoms with van der Waals surface area (Å²) in [5.41, 5.74) is 18.6. The molecule has 13 heterocycles. The van der Waals surface area contributed by atoms with Crippen LogP contribution in [0.4, 0.5) is 57.8 Å². The summed E-state index contributed by atoms with van der Waals surface area (Å²) in [5, 5.41) is 19.9. The van der Waals surface area contributed by atoms with Gasteiger partial charge >= 0.3 is 6.18 Å². The highest BCUT2D eigenvalue weighted by atomic mass is 19.4. The first kappa shape index (κ1) is 64.1. The molecular formula is C60H69F4N23O6. The van der Waals surface area contributed by atoms with Crippen LogP contribution in [0.3, 0.4) is 0 Å². The second-order valence-corrected chi connectivity index (χ2v) is 22.9. The fourth-order valence-electron chi connectivity index (χ4n) is 11.3. The number of fused-ring (bicyclic) bond motifs is 3. The Bertz CT molecular complexity index is 4150. The van der Waals surface area contributed by atoms with Gasteiger partial charge in [-0.15, -0.1) is 0 Å². The summed E-state index contributed by atoms with van der Waals surface area (Å²) in [6, 6.07) is 12.1. The number of anilines is 7. The summed E-state index contributed by atoms with van der Waals surface area (Å²) in [6.07, 6.45) is 11.9. The number of nitrogen functional groups attached to an aromatic ring is 3. The Hall–Kier alpha value is -10.4. The molecule has 0 aliphatic carbocycles. The van der Waals surface area contributed by atoms with Gasteiger partial charge in [-0.1, -0.05) is 0 Å². The molecule has 0 saturated carbocycles. The molecule has 0 radical (unpaired) electrons. The first-order chi connectivity index (χ1) is 44.8. The number of carbonyl (C=O) groups is 4. The maximum atomic E-state index is 15.0. The van der Waals surface area contributed by atoms with Crippen LogP contribution in [0.2, 0.25) is 0 Å². The van der Waals surface area contributed by atoms with Crippen LogP contribution >= 0.6 is 0 Å². The maximum absolute atomic E-state index is 15.0. The first-order valence-corrected chi connectivity index (χ1v) is 30.0. The van der Waals surface area contributed by atoms with Crippen LogP contribution in [0, 0.1) is 11.7 Å². The summed E-state index contributed by atoms with van der Waals surface area (Å²) < 4.78 is 69.8. The minimum atomic E-state index is -4.68. The number of likely N-dealkylation sites (tertiary alicyclic amines) is 2. The number of nitrogens with one attached hydrogen (secondary N) is 3. The van der Waals surface area contributed by atoms with Crippen molar-refractivity contribution in [2.24, 2.45) is 5.92 Å². The van der Waals surface area contributed by atoms with Crippen molar-refractivity contribution in [1.29, 1.82) is 0 Å². The summed E-state index contributed by atoms with van der Waals surface area (Å²) in [4.78, 5) is 86.5. The number of nitrogens with two attached hydrogens (primary N) is 3. The third kappa shape index (κ3) is 14.8. The van der Waals surface area contributed by atoms with Crippen molar-refractivity contribution >= 4 is 80.8 Å². The summed E-state index contributed by atoms with van der Waals surface area (Å²) in [6.45, 7) is 7.98. The number of carbonyl (C=O) groups excluding carboxylic acids is 4. The van der Waals surface area contributed by atoms with Gasteiger partial charge in [0.05, 0.1) is 30.5 Å². The second-order valence-electron chi connectivity index (χ2n) is 22.9. The predicted octanol–water partition coefficient (Wildman–Crippen LogP) is 4.97. The molecule has 93 heavy (non-hydrogen) atoms. The van der Waals surface area contributed by atoms with E-state index in [9.17, 15) is 36.7 Å². The number of hydrogen-bond acceptors (Lipinski definition) is 22. The lowest BCUT2D eigenvalue weighted by Crippen LogP contribution is -2.50. The third-order valence-corrected chi connectivity index (χ3v) is 16.4. The normalized spacial score (nSPS) is 16.5. The molecule has 33 heteroatoms. The number of piperazine rings is 1. The lowest BCUT2D eigenvalue weighted by molar-refractivity contribution is -0.142. The van der Waals surface area contributed by atoms with E-state index < -0.39 is 35.4 Å². The van der Waals surface area contributed by atoms with Crippen LogP contribution in [0.15, 0.2) is 98.1 Å². The Balaban J connectivity index is 0.000000144. The molecule has 4 fully saturated rings. The van der Waals surface area contributed by atoms with Gasteiger partial charge in [-0.2, -0.15) is 28.5 Å². The predicted molar refractivity (Wildman–Crippen MR) is 335 cm³/mol. The van der Waals surface area contributed by atoms with Gasteiger partial charge < -0.3 is 67.1 Å². The number of amides is 4. The van der Waals surface area contributed by atoms with Gasteiger partial charge in [-0.05, 0) is 96.1 Å². The number of imidazole rings is 3. The second kappa shape index (κ2) is 28.0. The van der Waals surface area contributed by atoms with E-state index in [0.717, 1.165) is 101 Å². The highest BCUT2D eigenvalue weighted by molar-refractivity contribution is 6.09. The number of hydrogen-bond donors (Lipinski definition) is 6. The summed E-state index contributed by atoms with van der Waals surface area (Å²) in [7, 11) is 6.19. The lowest BCUT2D eigenvalue weighted by Gasteiger charge is -2.38. The summed E-state index contributed by atoms with van der Waals surface area (Å²) >= 11 is 0. The lowest BCUT2D eigenvalue weighted by atomic mass is 9.94. The molecule has 0 spiro atoms. The Kier molecular flexibility index (Phi) is 19.3. The Morgan fingerprint density at radius 1 is 0.516 bits per heavy atom. The molecule has 4 amide bonds. The Labute approximate surface area is 529 Å². The van der Waals surface area contributed by atoms with Gasteiger partial charge in [0.1, 0.15) is 40.8 Å². The largest absolute Gasteiger partial charge is 0.488 e. The van der Waals surface area contributed by atoms with Gasteiger partial charge in [0.2, 0.25) is 5.91 Å². The summed E-state index contributed by atoms with van der Waals surface area (Å²) in [5.74, 6) is -1.31. The standard InChI is InChI=1S/C23H28FN9O2.C19H20F3N7O2.C18H21N7O2/c1-30-9-11-32(12-10-30)23(35)15-4-7-31(8-5-15)19-16(24)13-26-14-17(19)28-22(34)20-21(25)29-18-3-2-6-27-33(18)20;1-28-8-5-11(6-9-28)31-13-4-7-24-10-12(13)25-18(30)16-17(23)26-15-3-2-14(19(20,21)22)27-29(15)16;1-24-9-5-12(6-10-24)27-14-4-8-20-11-13(14)22-18(26)16-17(19)23-15-3-2-7-21-25(15)16/h2-3,6,13-15H,4-5,7-12,25H2,1H3,(H,28,34);2-4,7,10-11H,5-6,8-9,23H2,1H3,(H,25,30);2-4,7-8,11-12H,5-6,9-10,19H2,1H3,(H,22,26). The quantitative estimate of drug-likeness (QED) is 0.0879. The van der Waals surface area contributed by atoms with Crippen molar-refractivity contribution < 1.29 is 46.2 Å². The minimum absolute atomic E-state index is 0.0182. The SMILES string of the molecule is CN1CCC(Oc2ccncc2NC(=O)c2c(N)nc3ccc(C(F)(F)F)nn23)CC1.CN1CCC(Oc2ccncc2NC(=O)c2c(N)nc3cccnn23)CC1.CN1CCN(C(=O)C2CCN(c3c(F)cncc3NC(=O)c3c(N)nc4cccnn34)CC2)CC1. The molecule has 9 aromatic heterocycles.